The standard InChI is InChI=1S/C16H16N2O/c1-10-5-6-14-12(8-10)9-15(19-14)16(17)13-4-3-7-18-11(13)2/h3-9,16H,17H2,1-2H3. The first-order chi connectivity index (χ1) is 9.15. The van der Waals surface area contributed by atoms with Gasteiger partial charge in [-0.05, 0) is 43.7 Å². The fourth-order valence-electron chi connectivity index (χ4n) is 2.32. The third-order valence-corrected chi connectivity index (χ3v) is 3.38. The maximum atomic E-state index is 6.29. The number of furan rings is 1. The van der Waals surface area contributed by atoms with E-state index in [1.807, 2.05) is 37.3 Å². The molecule has 3 nitrogen and oxygen atoms in total. The fourth-order valence-corrected chi connectivity index (χ4v) is 2.32. The van der Waals surface area contributed by atoms with Crippen molar-refractivity contribution in [1.29, 1.82) is 0 Å². The lowest BCUT2D eigenvalue weighted by molar-refractivity contribution is 0.523. The van der Waals surface area contributed by atoms with Gasteiger partial charge < -0.3 is 10.2 Å². The summed E-state index contributed by atoms with van der Waals surface area (Å²) in [5.74, 6) is 0.775. The van der Waals surface area contributed by atoms with Gasteiger partial charge in [-0.1, -0.05) is 17.7 Å². The summed E-state index contributed by atoms with van der Waals surface area (Å²) in [5.41, 5.74) is 10.3. The predicted octanol–water partition coefficient (Wildman–Crippen LogP) is 3.49. The second-order valence-corrected chi connectivity index (χ2v) is 4.85. The Morgan fingerprint density at radius 1 is 1.16 bits per heavy atom. The minimum Gasteiger partial charge on any atom is -0.459 e. The van der Waals surface area contributed by atoms with Gasteiger partial charge in [-0.2, -0.15) is 0 Å². The van der Waals surface area contributed by atoms with E-state index >= 15 is 0 Å². The lowest BCUT2D eigenvalue weighted by Gasteiger charge is -2.10. The van der Waals surface area contributed by atoms with Crippen LogP contribution in [0.3, 0.4) is 0 Å². The van der Waals surface area contributed by atoms with E-state index in [4.69, 9.17) is 10.2 Å². The molecular formula is C16H16N2O. The summed E-state index contributed by atoms with van der Waals surface area (Å²) < 4.78 is 5.84. The molecule has 1 aromatic carbocycles. The van der Waals surface area contributed by atoms with Crippen molar-refractivity contribution in [1.82, 2.24) is 4.98 Å². The molecule has 96 valence electrons. The summed E-state index contributed by atoms with van der Waals surface area (Å²) in [6.45, 7) is 4.03. The molecule has 3 heteroatoms. The number of hydrogen-bond donors (Lipinski definition) is 1. The summed E-state index contributed by atoms with van der Waals surface area (Å²) in [5, 5.41) is 1.09. The van der Waals surface area contributed by atoms with E-state index in [9.17, 15) is 0 Å². The van der Waals surface area contributed by atoms with E-state index in [1.165, 1.54) is 5.56 Å². The van der Waals surface area contributed by atoms with Gasteiger partial charge in [0, 0.05) is 17.3 Å². The molecule has 19 heavy (non-hydrogen) atoms. The second kappa shape index (κ2) is 4.52. The molecule has 2 N–H and O–H groups in total. The largest absolute Gasteiger partial charge is 0.459 e. The number of hydrogen-bond acceptors (Lipinski definition) is 3. The SMILES string of the molecule is Cc1ccc2oc(C(N)c3cccnc3C)cc2c1. The molecule has 0 saturated heterocycles. The molecular weight excluding hydrogens is 236 g/mol. The van der Waals surface area contributed by atoms with Crippen molar-refractivity contribution < 1.29 is 4.42 Å². The molecule has 0 bridgehead atoms. The summed E-state index contributed by atoms with van der Waals surface area (Å²) in [6, 6.07) is 11.7. The zero-order valence-electron chi connectivity index (χ0n) is 11.1. The van der Waals surface area contributed by atoms with Crippen LogP contribution in [-0.2, 0) is 0 Å². The first-order valence-corrected chi connectivity index (χ1v) is 6.32. The average Bonchev–Trinajstić information content (AvgIpc) is 2.81. The number of pyridine rings is 1. The molecule has 2 heterocycles. The quantitative estimate of drug-likeness (QED) is 0.759. The van der Waals surface area contributed by atoms with Crippen molar-refractivity contribution in [3.63, 3.8) is 0 Å². The Morgan fingerprint density at radius 3 is 2.79 bits per heavy atom. The smallest absolute Gasteiger partial charge is 0.134 e. The molecule has 1 unspecified atom stereocenters. The highest BCUT2D eigenvalue weighted by atomic mass is 16.3. The number of aromatic nitrogens is 1. The molecule has 0 aliphatic heterocycles. The van der Waals surface area contributed by atoms with Gasteiger partial charge >= 0.3 is 0 Å². The normalized spacial score (nSPS) is 12.8. The van der Waals surface area contributed by atoms with E-state index in [0.29, 0.717) is 0 Å². The van der Waals surface area contributed by atoms with Crippen molar-refractivity contribution in [3.8, 4) is 0 Å². The molecule has 3 rings (SSSR count). The molecule has 0 amide bonds. The van der Waals surface area contributed by atoms with Crippen LogP contribution >= 0.6 is 0 Å². The minimum absolute atomic E-state index is 0.276. The minimum atomic E-state index is -0.276. The number of aryl methyl sites for hydroxylation is 2. The summed E-state index contributed by atoms with van der Waals surface area (Å²) in [7, 11) is 0. The average molecular weight is 252 g/mol. The Bertz CT molecular complexity index is 730. The maximum absolute atomic E-state index is 6.29. The van der Waals surface area contributed by atoms with Crippen LogP contribution in [0.5, 0.6) is 0 Å². The third-order valence-electron chi connectivity index (χ3n) is 3.38. The number of rotatable bonds is 2. The molecule has 3 aromatic rings. The molecule has 0 fully saturated rings. The van der Waals surface area contributed by atoms with Crippen LogP contribution in [0.25, 0.3) is 11.0 Å². The van der Waals surface area contributed by atoms with Gasteiger partial charge in [0.15, 0.2) is 0 Å². The molecule has 2 aromatic heterocycles. The number of nitrogens with zero attached hydrogens (tertiary/aromatic N) is 1. The molecule has 0 radical (unpaired) electrons. The van der Waals surface area contributed by atoms with Crippen LogP contribution in [0, 0.1) is 13.8 Å². The Labute approximate surface area is 112 Å². The van der Waals surface area contributed by atoms with Crippen molar-refractivity contribution in [2.75, 3.05) is 0 Å². The van der Waals surface area contributed by atoms with Crippen LogP contribution < -0.4 is 5.73 Å². The number of nitrogens with two attached hydrogens (primary N) is 1. The van der Waals surface area contributed by atoms with Gasteiger partial charge in [0.25, 0.3) is 0 Å². The molecule has 1 atom stereocenters. The van der Waals surface area contributed by atoms with E-state index in [0.717, 1.165) is 28.0 Å². The highest BCUT2D eigenvalue weighted by Gasteiger charge is 2.16. The van der Waals surface area contributed by atoms with E-state index < -0.39 is 0 Å². The van der Waals surface area contributed by atoms with E-state index in [-0.39, 0.29) is 6.04 Å². The van der Waals surface area contributed by atoms with Gasteiger partial charge in [-0.25, -0.2) is 0 Å². The first kappa shape index (κ1) is 11.9. The highest BCUT2D eigenvalue weighted by molar-refractivity contribution is 5.78. The van der Waals surface area contributed by atoms with Crippen LogP contribution in [0.4, 0.5) is 0 Å². The Kier molecular flexibility index (Phi) is 2.84. The lowest BCUT2D eigenvalue weighted by Crippen LogP contribution is -2.12. The van der Waals surface area contributed by atoms with Crippen LogP contribution in [-0.4, -0.2) is 4.98 Å². The van der Waals surface area contributed by atoms with Crippen molar-refractivity contribution in [2.24, 2.45) is 5.73 Å². The van der Waals surface area contributed by atoms with Crippen molar-refractivity contribution in [3.05, 3.63) is 65.2 Å². The monoisotopic (exact) mass is 252 g/mol. The Hall–Kier alpha value is -2.13. The fraction of sp³-hybridized carbons (Fsp3) is 0.188. The van der Waals surface area contributed by atoms with E-state index in [2.05, 4.69) is 18.0 Å². The van der Waals surface area contributed by atoms with Crippen LogP contribution in [0.1, 0.15) is 28.6 Å². The zero-order valence-corrected chi connectivity index (χ0v) is 11.1. The molecule has 0 aliphatic carbocycles. The molecule has 0 aliphatic rings. The topological polar surface area (TPSA) is 52.0 Å². The summed E-state index contributed by atoms with van der Waals surface area (Å²) >= 11 is 0. The third kappa shape index (κ3) is 2.13. The summed E-state index contributed by atoms with van der Waals surface area (Å²) in [4.78, 5) is 4.27. The second-order valence-electron chi connectivity index (χ2n) is 4.85. The number of fused-ring (bicyclic) bond motifs is 1. The van der Waals surface area contributed by atoms with Gasteiger partial charge in [0.05, 0.1) is 6.04 Å². The van der Waals surface area contributed by atoms with Crippen LogP contribution in [0.15, 0.2) is 47.0 Å². The summed E-state index contributed by atoms with van der Waals surface area (Å²) in [6.07, 6.45) is 1.77. The van der Waals surface area contributed by atoms with Gasteiger partial charge in [0.2, 0.25) is 0 Å². The van der Waals surface area contributed by atoms with Gasteiger partial charge in [-0.15, -0.1) is 0 Å². The first-order valence-electron chi connectivity index (χ1n) is 6.32. The van der Waals surface area contributed by atoms with Crippen molar-refractivity contribution >= 4 is 11.0 Å². The molecule has 0 saturated carbocycles. The predicted molar refractivity (Wildman–Crippen MR) is 76.0 cm³/mol. The zero-order chi connectivity index (χ0) is 13.4. The van der Waals surface area contributed by atoms with E-state index in [1.54, 1.807) is 6.20 Å². The van der Waals surface area contributed by atoms with Crippen molar-refractivity contribution in [2.45, 2.75) is 19.9 Å². The Balaban J connectivity index is 2.07. The van der Waals surface area contributed by atoms with Gasteiger partial charge in [0.1, 0.15) is 11.3 Å². The molecule has 0 spiro atoms. The lowest BCUT2D eigenvalue weighted by atomic mass is 10.0. The van der Waals surface area contributed by atoms with Gasteiger partial charge in [-0.3, -0.25) is 4.98 Å². The Morgan fingerprint density at radius 2 is 2.00 bits per heavy atom. The number of benzene rings is 1. The maximum Gasteiger partial charge on any atom is 0.134 e. The van der Waals surface area contributed by atoms with Crippen LogP contribution in [0.2, 0.25) is 0 Å². The highest BCUT2D eigenvalue weighted by Crippen LogP contribution is 2.28.